The Morgan fingerprint density at radius 3 is 2.46 bits per heavy atom. The number of piperidine rings is 1. The molecular formula is C16H14Cl2N2O4. The van der Waals surface area contributed by atoms with E-state index in [2.05, 4.69) is 0 Å². The predicted molar refractivity (Wildman–Crippen MR) is 90.3 cm³/mol. The quantitative estimate of drug-likeness (QED) is 0.823. The van der Waals surface area contributed by atoms with Crippen LogP contribution in [0.5, 0.6) is 0 Å². The van der Waals surface area contributed by atoms with Gasteiger partial charge in [-0.2, -0.15) is 0 Å². The van der Waals surface area contributed by atoms with Crippen LogP contribution >= 0.6 is 23.2 Å². The SMILES string of the molecule is NC(=O)C1CCN(C(=O)c2cc3cc(Cl)cc(Cl)c3oc2=O)CC1. The average Bonchev–Trinajstić information content (AvgIpc) is 2.54. The first-order valence-corrected chi connectivity index (χ1v) is 8.14. The molecule has 2 amide bonds. The fourth-order valence-corrected chi connectivity index (χ4v) is 3.39. The van der Waals surface area contributed by atoms with E-state index in [1.54, 1.807) is 6.07 Å². The van der Waals surface area contributed by atoms with Crippen LogP contribution in [0.3, 0.4) is 0 Å². The van der Waals surface area contributed by atoms with Crippen molar-refractivity contribution < 1.29 is 14.0 Å². The number of hydrogen-bond acceptors (Lipinski definition) is 4. The van der Waals surface area contributed by atoms with Gasteiger partial charge in [0.2, 0.25) is 5.91 Å². The van der Waals surface area contributed by atoms with E-state index in [0.29, 0.717) is 36.3 Å². The zero-order valence-electron chi connectivity index (χ0n) is 12.6. The molecule has 1 fully saturated rings. The number of hydrogen-bond donors (Lipinski definition) is 1. The number of nitrogens with two attached hydrogens (primary N) is 1. The number of benzene rings is 1. The fourth-order valence-electron chi connectivity index (χ4n) is 2.84. The molecule has 0 saturated carbocycles. The molecule has 1 saturated heterocycles. The zero-order chi connectivity index (χ0) is 17.4. The summed E-state index contributed by atoms with van der Waals surface area (Å²) in [5.74, 6) is -1.04. The number of primary amides is 1. The Morgan fingerprint density at radius 2 is 1.83 bits per heavy atom. The average molecular weight is 369 g/mol. The van der Waals surface area contributed by atoms with Gasteiger partial charge in [-0.15, -0.1) is 0 Å². The molecule has 0 atom stereocenters. The molecule has 8 heteroatoms. The van der Waals surface area contributed by atoms with Crippen molar-refractivity contribution in [3.8, 4) is 0 Å². The molecule has 0 aliphatic carbocycles. The molecule has 3 rings (SSSR count). The molecule has 0 radical (unpaired) electrons. The third-order valence-electron chi connectivity index (χ3n) is 4.17. The maximum atomic E-state index is 12.6. The van der Waals surface area contributed by atoms with Gasteiger partial charge >= 0.3 is 5.63 Å². The van der Waals surface area contributed by atoms with Gasteiger partial charge in [0.1, 0.15) is 5.56 Å². The second kappa shape index (κ2) is 6.45. The van der Waals surface area contributed by atoms with Crippen molar-refractivity contribution >= 4 is 46.0 Å². The Bertz CT molecular complexity index is 886. The summed E-state index contributed by atoms with van der Waals surface area (Å²) < 4.78 is 5.18. The van der Waals surface area contributed by atoms with Gasteiger partial charge < -0.3 is 15.1 Å². The minimum atomic E-state index is -0.756. The zero-order valence-corrected chi connectivity index (χ0v) is 14.1. The Labute approximate surface area is 147 Å². The number of likely N-dealkylation sites (tertiary alicyclic amines) is 1. The highest BCUT2D eigenvalue weighted by Gasteiger charge is 2.28. The van der Waals surface area contributed by atoms with E-state index >= 15 is 0 Å². The predicted octanol–water partition coefficient (Wildman–Crippen LogP) is 2.44. The van der Waals surface area contributed by atoms with Crippen molar-refractivity contribution in [2.45, 2.75) is 12.8 Å². The molecule has 2 aromatic rings. The van der Waals surface area contributed by atoms with E-state index in [4.69, 9.17) is 33.4 Å². The normalized spacial score (nSPS) is 15.7. The molecule has 6 nitrogen and oxygen atoms in total. The van der Waals surface area contributed by atoms with E-state index in [1.165, 1.54) is 17.0 Å². The Kier molecular flexibility index (Phi) is 4.51. The summed E-state index contributed by atoms with van der Waals surface area (Å²) in [5, 5.41) is 1.06. The van der Waals surface area contributed by atoms with Crippen molar-refractivity contribution in [3.05, 3.63) is 44.2 Å². The lowest BCUT2D eigenvalue weighted by atomic mass is 9.96. The molecule has 1 aliphatic rings. The molecule has 126 valence electrons. The van der Waals surface area contributed by atoms with Gasteiger partial charge in [-0.25, -0.2) is 4.79 Å². The van der Waals surface area contributed by atoms with Crippen LogP contribution in [0.2, 0.25) is 10.0 Å². The highest BCUT2D eigenvalue weighted by atomic mass is 35.5. The van der Waals surface area contributed by atoms with Crippen molar-refractivity contribution in [2.75, 3.05) is 13.1 Å². The lowest BCUT2D eigenvalue weighted by Gasteiger charge is -2.30. The summed E-state index contributed by atoms with van der Waals surface area (Å²) in [6.07, 6.45) is 0.968. The molecule has 1 aromatic carbocycles. The number of carbonyl (C=O) groups excluding carboxylic acids is 2. The second-order valence-electron chi connectivity index (χ2n) is 5.72. The summed E-state index contributed by atoms with van der Waals surface area (Å²) in [4.78, 5) is 37.5. The van der Waals surface area contributed by atoms with Gasteiger partial charge in [0.05, 0.1) is 5.02 Å². The van der Waals surface area contributed by atoms with Crippen LogP contribution in [0.1, 0.15) is 23.2 Å². The van der Waals surface area contributed by atoms with Crippen molar-refractivity contribution in [1.29, 1.82) is 0 Å². The third-order valence-corrected chi connectivity index (χ3v) is 4.67. The largest absolute Gasteiger partial charge is 0.421 e. The van der Waals surface area contributed by atoms with Crippen LogP contribution in [0.25, 0.3) is 11.0 Å². The number of halogens is 2. The van der Waals surface area contributed by atoms with Crippen LogP contribution in [0, 0.1) is 5.92 Å². The Morgan fingerprint density at radius 1 is 1.17 bits per heavy atom. The lowest BCUT2D eigenvalue weighted by molar-refractivity contribution is -0.123. The molecule has 2 N–H and O–H groups in total. The number of fused-ring (bicyclic) bond motifs is 1. The van der Waals surface area contributed by atoms with E-state index in [1.807, 2.05) is 0 Å². The molecule has 24 heavy (non-hydrogen) atoms. The maximum Gasteiger partial charge on any atom is 0.349 e. The number of carbonyl (C=O) groups is 2. The lowest BCUT2D eigenvalue weighted by Crippen LogP contribution is -2.42. The highest BCUT2D eigenvalue weighted by Crippen LogP contribution is 2.28. The van der Waals surface area contributed by atoms with Crippen LogP contribution < -0.4 is 11.4 Å². The number of nitrogens with zero attached hydrogens (tertiary/aromatic N) is 1. The van der Waals surface area contributed by atoms with Crippen LogP contribution in [-0.4, -0.2) is 29.8 Å². The van der Waals surface area contributed by atoms with Crippen molar-refractivity contribution in [3.63, 3.8) is 0 Å². The molecule has 1 aliphatic heterocycles. The first kappa shape index (κ1) is 16.8. The van der Waals surface area contributed by atoms with Gasteiger partial charge in [-0.1, -0.05) is 23.2 Å². The first-order valence-electron chi connectivity index (χ1n) is 7.38. The summed E-state index contributed by atoms with van der Waals surface area (Å²) in [7, 11) is 0. The summed E-state index contributed by atoms with van der Waals surface area (Å²) in [6, 6.07) is 4.47. The van der Waals surface area contributed by atoms with Gasteiger partial charge in [0, 0.05) is 29.4 Å². The van der Waals surface area contributed by atoms with E-state index in [-0.39, 0.29) is 28.0 Å². The Balaban J connectivity index is 1.92. The highest BCUT2D eigenvalue weighted by molar-refractivity contribution is 6.38. The standard InChI is InChI=1S/C16H14Cl2N2O4/c17-10-5-9-6-11(16(23)24-13(9)12(18)7-10)15(22)20-3-1-8(2-4-20)14(19)21/h5-8H,1-4H2,(H2,19,21). The van der Waals surface area contributed by atoms with Gasteiger partial charge in [-0.05, 0) is 31.0 Å². The van der Waals surface area contributed by atoms with Crippen LogP contribution in [-0.2, 0) is 4.79 Å². The van der Waals surface area contributed by atoms with Crippen molar-refractivity contribution in [2.24, 2.45) is 11.7 Å². The fraction of sp³-hybridized carbons (Fsp3) is 0.312. The van der Waals surface area contributed by atoms with E-state index < -0.39 is 11.5 Å². The number of amides is 2. The molecule has 1 aromatic heterocycles. The van der Waals surface area contributed by atoms with Crippen LogP contribution in [0.15, 0.2) is 27.4 Å². The summed E-state index contributed by atoms with van der Waals surface area (Å²) in [5.41, 5.74) is 4.63. The Hall–Kier alpha value is -2.05. The maximum absolute atomic E-state index is 12.6. The molecule has 0 bridgehead atoms. The smallest absolute Gasteiger partial charge is 0.349 e. The van der Waals surface area contributed by atoms with Gasteiger partial charge in [0.15, 0.2) is 5.58 Å². The summed E-state index contributed by atoms with van der Waals surface area (Å²) in [6.45, 7) is 0.723. The van der Waals surface area contributed by atoms with Crippen molar-refractivity contribution in [1.82, 2.24) is 4.90 Å². The molecule has 0 spiro atoms. The topological polar surface area (TPSA) is 93.6 Å². The molecular weight excluding hydrogens is 355 g/mol. The molecule has 2 heterocycles. The first-order chi connectivity index (χ1) is 11.4. The summed E-state index contributed by atoms with van der Waals surface area (Å²) >= 11 is 12.0. The van der Waals surface area contributed by atoms with E-state index in [9.17, 15) is 14.4 Å². The van der Waals surface area contributed by atoms with Gasteiger partial charge in [0.25, 0.3) is 5.91 Å². The van der Waals surface area contributed by atoms with E-state index in [0.717, 1.165) is 0 Å². The monoisotopic (exact) mass is 368 g/mol. The third kappa shape index (κ3) is 3.12. The second-order valence-corrected chi connectivity index (χ2v) is 6.57. The van der Waals surface area contributed by atoms with Crippen LogP contribution in [0.4, 0.5) is 0 Å². The molecule has 0 unspecified atom stereocenters. The number of rotatable bonds is 2. The minimum Gasteiger partial charge on any atom is -0.421 e. The minimum absolute atomic E-state index is 0.0849. The van der Waals surface area contributed by atoms with Gasteiger partial charge in [-0.3, -0.25) is 9.59 Å².